The molecular weight excluding hydrogens is 428 g/mol. The minimum absolute atomic E-state index is 0.0430. The molecule has 0 aromatic heterocycles. The molecule has 1 amide bonds. The summed E-state index contributed by atoms with van der Waals surface area (Å²) in [5, 5.41) is 0. The van der Waals surface area contributed by atoms with Crippen molar-refractivity contribution in [3.63, 3.8) is 0 Å². The molecule has 0 saturated carbocycles. The highest BCUT2D eigenvalue weighted by Gasteiger charge is 2.38. The Hall–Kier alpha value is -2.74. The minimum Gasteiger partial charge on any atom is -0.492 e. The van der Waals surface area contributed by atoms with E-state index in [0.717, 1.165) is 6.42 Å². The molecule has 0 unspecified atom stereocenters. The summed E-state index contributed by atoms with van der Waals surface area (Å²) in [6, 6.07) is 11.5. The van der Waals surface area contributed by atoms with Gasteiger partial charge in [-0.1, -0.05) is 26.0 Å². The fourth-order valence-electron chi connectivity index (χ4n) is 3.47. The number of sulfonamides is 1. The third kappa shape index (κ3) is 5.18. The van der Waals surface area contributed by atoms with Crippen LogP contribution in [0.15, 0.2) is 47.4 Å². The van der Waals surface area contributed by atoms with Crippen LogP contribution in [-0.2, 0) is 14.8 Å². The summed E-state index contributed by atoms with van der Waals surface area (Å²) in [6.45, 7) is 10.9. The number of amides is 1. The monoisotopic (exact) mass is 460 g/mol. The van der Waals surface area contributed by atoms with Gasteiger partial charge in [-0.25, -0.2) is 8.42 Å². The van der Waals surface area contributed by atoms with Crippen LogP contribution in [0, 0.1) is 11.3 Å². The van der Waals surface area contributed by atoms with Crippen molar-refractivity contribution in [2.75, 3.05) is 29.4 Å². The highest BCUT2D eigenvalue weighted by atomic mass is 32.2. The Balaban J connectivity index is 1.98. The van der Waals surface area contributed by atoms with Gasteiger partial charge >= 0.3 is 0 Å². The Labute approximate surface area is 190 Å². The van der Waals surface area contributed by atoms with Crippen LogP contribution in [0.5, 0.6) is 11.5 Å². The summed E-state index contributed by atoms with van der Waals surface area (Å²) >= 11 is 0. The van der Waals surface area contributed by atoms with Crippen molar-refractivity contribution in [2.24, 2.45) is 11.3 Å². The van der Waals surface area contributed by atoms with Gasteiger partial charge in [-0.2, -0.15) is 0 Å². The van der Waals surface area contributed by atoms with Gasteiger partial charge in [-0.3, -0.25) is 9.52 Å². The first kappa shape index (κ1) is 23.9. The van der Waals surface area contributed by atoms with Crippen molar-refractivity contribution in [1.29, 1.82) is 0 Å². The second-order valence-electron chi connectivity index (χ2n) is 8.98. The first-order valence-corrected chi connectivity index (χ1v) is 12.4. The van der Waals surface area contributed by atoms with Crippen LogP contribution >= 0.6 is 0 Å². The van der Waals surface area contributed by atoms with E-state index < -0.39 is 15.4 Å². The molecule has 174 valence electrons. The number of hydrogen-bond donors (Lipinski definition) is 1. The van der Waals surface area contributed by atoms with Gasteiger partial charge in [-0.15, -0.1) is 0 Å². The van der Waals surface area contributed by atoms with Gasteiger partial charge < -0.3 is 14.4 Å². The smallest absolute Gasteiger partial charge is 0.265 e. The molecule has 0 radical (unpaired) electrons. The molecule has 3 rings (SSSR count). The van der Waals surface area contributed by atoms with Crippen molar-refractivity contribution in [2.45, 2.75) is 45.9 Å². The van der Waals surface area contributed by atoms with E-state index in [-0.39, 0.29) is 23.2 Å². The van der Waals surface area contributed by atoms with Gasteiger partial charge in [0.05, 0.1) is 23.4 Å². The Bertz CT molecular complexity index is 1080. The van der Waals surface area contributed by atoms with Gasteiger partial charge in [-0.05, 0) is 63.4 Å². The van der Waals surface area contributed by atoms with Gasteiger partial charge in [0.15, 0.2) is 0 Å². The highest BCUT2D eigenvalue weighted by molar-refractivity contribution is 7.92. The third-order valence-electron chi connectivity index (χ3n) is 5.28. The lowest BCUT2D eigenvalue weighted by atomic mass is 9.92. The number of rotatable bonds is 8. The maximum Gasteiger partial charge on any atom is 0.265 e. The molecule has 0 spiro atoms. The predicted molar refractivity (Wildman–Crippen MR) is 126 cm³/mol. The molecule has 32 heavy (non-hydrogen) atoms. The van der Waals surface area contributed by atoms with Gasteiger partial charge in [0, 0.05) is 6.54 Å². The average molecular weight is 461 g/mol. The van der Waals surface area contributed by atoms with Crippen LogP contribution in [0.25, 0.3) is 0 Å². The number of anilines is 2. The van der Waals surface area contributed by atoms with E-state index in [1.807, 2.05) is 13.8 Å². The molecule has 1 N–H and O–H groups in total. The number of carbonyl (C=O) groups excluding carboxylic acids is 1. The van der Waals surface area contributed by atoms with Crippen LogP contribution in [0.1, 0.15) is 41.0 Å². The molecule has 0 saturated heterocycles. The fraction of sp³-hybridized carbons (Fsp3) is 0.458. The summed E-state index contributed by atoms with van der Waals surface area (Å²) in [5.41, 5.74) is 0.228. The SMILES string of the molecule is CCOc1ccccc1S(=O)(=O)Nc1ccc2c(c1)N(CCC(C)C)C(=O)C(C)(C)CO2. The molecule has 1 aliphatic heterocycles. The second-order valence-corrected chi connectivity index (χ2v) is 10.6. The summed E-state index contributed by atoms with van der Waals surface area (Å²) in [5.74, 6) is 1.22. The van der Waals surface area contributed by atoms with Crippen molar-refractivity contribution < 1.29 is 22.7 Å². The lowest BCUT2D eigenvalue weighted by molar-refractivity contribution is -0.127. The van der Waals surface area contributed by atoms with Crippen LogP contribution in [-0.4, -0.2) is 34.1 Å². The summed E-state index contributed by atoms with van der Waals surface area (Å²) in [4.78, 5) is 15.0. The van der Waals surface area contributed by atoms with E-state index in [0.29, 0.717) is 36.2 Å². The Morgan fingerprint density at radius 3 is 2.59 bits per heavy atom. The fourth-order valence-corrected chi connectivity index (χ4v) is 4.67. The summed E-state index contributed by atoms with van der Waals surface area (Å²) in [7, 11) is -3.90. The molecule has 2 aromatic rings. The Kier molecular flexibility index (Phi) is 7.03. The maximum absolute atomic E-state index is 13.3. The lowest BCUT2D eigenvalue weighted by Gasteiger charge is -2.28. The number of nitrogens with zero attached hydrogens (tertiary/aromatic N) is 1. The van der Waals surface area contributed by atoms with Crippen molar-refractivity contribution in [1.82, 2.24) is 0 Å². The number of nitrogens with one attached hydrogen (secondary N) is 1. The molecule has 1 heterocycles. The van der Waals surface area contributed by atoms with E-state index in [9.17, 15) is 13.2 Å². The molecule has 8 heteroatoms. The molecule has 0 atom stereocenters. The van der Waals surface area contributed by atoms with Crippen LogP contribution in [0.4, 0.5) is 11.4 Å². The first-order valence-electron chi connectivity index (χ1n) is 10.9. The quantitative estimate of drug-likeness (QED) is 0.618. The van der Waals surface area contributed by atoms with Crippen molar-refractivity contribution in [3.05, 3.63) is 42.5 Å². The number of para-hydroxylation sites is 1. The largest absolute Gasteiger partial charge is 0.492 e. The number of fused-ring (bicyclic) bond motifs is 1. The number of carbonyl (C=O) groups is 1. The van der Waals surface area contributed by atoms with Crippen LogP contribution in [0.3, 0.4) is 0 Å². The van der Waals surface area contributed by atoms with E-state index >= 15 is 0 Å². The number of hydrogen-bond acceptors (Lipinski definition) is 5. The summed E-state index contributed by atoms with van der Waals surface area (Å²) < 4.78 is 40.2. The van der Waals surface area contributed by atoms with Crippen LogP contribution < -0.4 is 19.1 Å². The maximum atomic E-state index is 13.3. The zero-order valence-corrected chi connectivity index (χ0v) is 20.2. The van der Waals surface area contributed by atoms with E-state index in [4.69, 9.17) is 9.47 Å². The van der Waals surface area contributed by atoms with E-state index in [2.05, 4.69) is 18.6 Å². The first-order chi connectivity index (χ1) is 15.0. The standard InChI is InChI=1S/C24H32N2O5S/c1-6-30-21-9-7-8-10-22(21)32(28,29)25-18-11-12-20-19(15-18)26(14-13-17(2)3)23(27)24(4,5)16-31-20/h7-12,15,17,25H,6,13-14,16H2,1-5H3. The zero-order valence-electron chi connectivity index (χ0n) is 19.3. The third-order valence-corrected chi connectivity index (χ3v) is 6.70. The summed E-state index contributed by atoms with van der Waals surface area (Å²) in [6.07, 6.45) is 0.818. The normalized spacial score (nSPS) is 15.7. The molecule has 1 aliphatic rings. The van der Waals surface area contributed by atoms with Gasteiger partial charge in [0.2, 0.25) is 5.91 Å². The molecular formula is C24H32N2O5S. The number of benzene rings is 2. The van der Waals surface area contributed by atoms with Crippen LogP contribution in [0.2, 0.25) is 0 Å². The Morgan fingerprint density at radius 2 is 1.91 bits per heavy atom. The average Bonchev–Trinajstić information content (AvgIpc) is 2.81. The van der Waals surface area contributed by atoms with Gasteiger partial charge in [0.1, 0.15) is 23.0 Å². The number of ether oxygens (including phenoxy) is 2. The van der Waals surface area contributed by atoms with E-state index in [1.165, 1.54) is 6.07 Å². The molecule has 2 aromatic carbocycles. The van der Waals surface area contributed by atoms with Gasteiger partial charge in [0.25, 0.3) is 10.0 Å². The zero-order chi connectivity index (χ0) is 23.5. The molecule has 7 nitrogen and oxygen atoms in total. The highest BCUT2D eigenvalue weighted by Crippen LogP contribution is 2.39. The van der Waals surface area contributed by atoms with E-state index in [1.54, 1.807) is 48.2 Å². The van der Waals surface area contributed by atoms with Crippen molar-refractivity contribution in [3.8, 4) is 11.5 Å². The lowest BCUT2D eigenvalue weighted by Crippen LogP contribution is -2.42. The molecule has 0 bridgehead atoms. The molecule has 0 fully saturated rings. The molecule has 0 aliphatic carbocycles. The second kappa shape index (κ2) is 9.40. The minimum atomic E-state index is -3.90. The van der Waals surface area contributed by atoms with Crippen molar-refractivity contribution >= 4 is 27.3 Å². The topological polar surface area (TPSA) is 84.9 Å². The Morgan fingerprint density at radius 1 is 1.19 bits per heavy atom. The predicted octanol–water partition coefficient (Wildman–Crippen LogP) is 4.68.